The first-order chi connectivity index (χ1) is 4.58. The van der Waals surface area contributed by atoms with E-state index in [-0.39, 0.29) is 12.5 Å². The van der Waals surface area contributed by atoms with Gasteiger partial charge in [0.25, 0.3) is 0 Å². The van der Waals surface area contributed by atoms with Crippen LogP contribution in [0.1, 0.15) is 19.8 Å². The number of halogens is 2. The molecule has 0 radical (unpaired) electrons. The first kappa shape index (κ1) is 7.92. The lowest BCUT2D eigenvalue weighted by atomic mass is 9.64. The standard InChI is InChI=1S/C7H12F2O/c1-7(6(8)9)2-5(3-7)4-10/h5-6,10H,2-4H2,1H3. The summed E-state index contributed by atoms with van der Waals surface area (Å²) in [4.78, 5) is 0. The van der Waals surface area contributed by atoms with Crippen molar-refractivity contribution in [3.8, 4) is 0 Å². The number of hydrogen-bond acceptors (Lipinski definition) is 1. The molecule has 60 valence electrons. The molecule has 0 aromatic rings. The van der Waals surface area contributed by atoms with Crippen molar-refractivity contribution in [2.75, 3.05) is 6.61 Å². The van der Waals surface area contributed by atoms with Crippen LogP contribution >= 0.6 is 0 Å². The Balaban J connectivity index is 2.34. The second-order valence-electron chi connectivity index (χ2n) is 3.41. The lowest BCUT2D eigenvalue weighted by Gasteiger charge is -2.43. The highest BCUT2D eigenvalue weighted by molar-refractivity contribution is 4.91. The minimum atomic E-state index is -2.23. The van der Waals surface area contributed by atoms with Gasteiger partial charge in [-0.05, 0) is 18.8 Å². The SMILES string of the molecule is CC1(C(F)F)CC(CO)C1. The second kappa shape index (κ2) is 2.46. The summed E-state index contributed by atoms with van der Waals surface area (Å²) in [5.41, 5.74) is -0.798. The molecule has 1 N–H and O–H groups in total. The van der Waals surface area contributed by atoms with Gasteiger partial charge in [0.2, 0.25) is 6.43 Å². The van der Waals surface area contributed by atoms with E-state index >= 15 is 0 Å². The third kappa shape index (κ3) is 1.15. The van der Waals surface area contributed by atoms with E-state index < -0.39 is 11.8 Å². The van der Waals surface area contributed by atoms with Crippen molar-refractivity contribution in [3.63, 3.8) is 0 Å². The molecule has 0 spiro atoms. The molecule has 0 aromatic carbocycles. The van der Waals surface area contributed by atoms with Crippen LogP contribution in [0.25, 0.3) is 0 Å². The molecule has 0 unspecified atom stereocenters. The lowest BCUT2D eigenvalue weighted by molar-refractivity contribution is -0.0902. The van der Waals surface area contributed by atoms with Gasteiger partial charge in [0.15, 0.2) is 0 Å². The quantitative estimate of drug-likeness (QED) is 0.634. The van der Waals surface area contributed by atoms with Gasteiger partial charge in [0.05, 0.1) is 0 Å². The zero-order valence-electron chi connectivity index (χ0n) is 5.98. The van der Waals surface area contributed by atoms with E-state index in [0.717, 1.165) is 0 Å². The minimum absolute atomic E-state index is 0.0578. The minimum Gasteiger partial charge on any atom is -0.396 e. The molecule has 0 amide bonds. The normalized spacial score (nSPS) is 39.9. The van der Waals surface area contributed by atoms with Crippen LogP contribution in [-0.4, -0.2) is 18.1 Å². The maximum Gasteiger partial charge on any atom is 0.243 e. The number of rotatable bonds is 2. The Labute approximate surface area is 59.0 Å². The van der Waals surface area contributed by atoms with Gasteiger partial charge in [-0.2, -0.15) is 0 Å². The van der Waals surface area contributed by atoms with E-state index in [2.05, 4.69) is 0 Å². The molecular formula is C7H12F2O. The van der Waals surface area contributed by atoms with Gasteiger partial charge in [-0.1, -0.05) is 6.92 Å². The first-order valence-electron chi connectivity index (χ1n) is 3.47. The monoisotopic (exact) mass is 150 g/mol. The molecule has 10 heavy (non-hydrogen) atoms. The van der Waals surface area contributed by atoms with Gasteiger partial charge in [0, 0.05) is 12.0 Å². The van der Waals surface area contributed by atoms with Gasteiger partial charge >= 0.3 is 0 Å². The molecule has 1 aliphatic rings. The van der Waals surface area contributed by atoms with Crippen molar-refractivity contribution in [1.29, 1.82) is 0 Å². The fraction of sp³-hybridized carbons (Fsp3) is 1.00. The summed E-state index contributed by atoms with van der Waals surface area (Å²) >= 11 is 0. The Bertz CT molecular complexity index is 119. The van der Waals surface area contributed by atoms with Crippen LogP contribution in [0.4, 0.5) is 8.78 Å². The summed E-state index contributed by atoms with van der Waals surface area (Å²) in [7, 11) is 0. The molecule has 1 nitrogen and oxygen atoms in total. The van der Waals surface area contributed by atoms with Gasteiger partial charge in [0.1, 0.15) is 0 Å². The number of aliphatic hydroxyl groups is 1. The summed E-state index contributed by atoms with van der Waals surface area (Å²) < 4.78 is 24.2. The van der Waals surface area contributed by atoms with E-state index in [0.29, 0.717) is 12.8 Å². The summed E-state index contributed by atoms with van der Waals surface area (Å²) in [5.74, 6) is 0.124. The van der Waals surface area contributed by atoms with Crippen LogP contribution in [0.15, 0.2) is 0 Å². The molecule has 1 rings (SSSR count). The molecule has 3 heteroatoms. The number of hydrogen-bond donors (Lipinski definition) is 1. The number of aliphatic hydroxyl groups excluding tert-OH is 1. The molecule has 0 saturated heterocycles. The molecular weight excluding hydrogens is 138 g/mol. The molecule has 0 bridgehead atoms. The molecule has 0 aromatic heterocycles. The second-order valence-corrected chi connectivity index (χ2v) is 3.41. The van der Waals surface area contributed by atoms with Crippen molar-refractivity contribution in [1.82, 2.24) is 0 Å². The van der Waals surface area contributed by atoms with E-state index in [9.17, 15) is 8.78 Å². The smallest absolute Gasteiger partial charge is 0.243 e. The highest BCUT2D eigenvalue weighted by Gasteiger charge is 2.46. The Morgan fingerprint density at radius 3 is 2.40 bits per heavy atom. The zero-order chi connectivity index (χ0) is 7.78. The van der Waals surface area contributed by atoms with Crippen LogP contribution in [0.5, 0.6) is 0 Å². The average Bonchev–Trinajstić information content (AvgIpc) is 1.80. The van der Waals surface area contributed by atoms with E-state index in [1.54, 1.807) is 6.92 Å². The molecule has 0 aliphatic heterocycles. The Kier molecular flexibility index (Phi) is 1.95. The zero-order valence-corrected chi connectivity index (χ0v) is 5.98. The van der Waals surface area contributed by atoms with Crippen LogP contribution < -0.4 is 0 Å². The first-order valence-corrected chi connectivity index (χ1v) is 3.47. The van der Waals surface area contributed by atoms with E-state index in [4.69, 9.17) is 5.11 Å². The predicted molar refractivity (Wildman–Crippen MR) is 33.9 cm³/mol. The lowest BCUT2D eigenvalue weighted by Crippen LogP contribution is -2.41. The molecule has 1 fully saturated rings. The average molecular weight is 150 g/mol. The van der Waals surface area contributed by atoms with Crippen molar-refractivity contribution < 1.29 is 13.9 Å². The van der Waals surface area contributed by atoms with Gasteiger partial charge < -0.3 is 5.11 Å². The maximum absolute atomic E-state index is 12.1. The van der Waals surface area contributed by atoms with Gasteiger partial charge in [-0.25, -0.2) is 8.78 Å². The van der Waals surface area contributed by atoms with Crippen LogP contribution in [0.2, 0.25) is 0 Å². The molecule has 0 atom stereocenters. The van der Waals surface area contributed by atoms with Gasteiger partial charge in [-0.3, -0.25) is 0 Å². The predicted octanol–water partition coefficient (Wildman–Crippen LogP) is 1.66. The van der Waals surface area contributed by atoms with Crippen molar-refractivity contribution in [2.45, 2.75) is 26.2 Å². The van der Waals surface area contributed by atoms with Crippen molar-refractivity contribution in [2.24, 2.45) is 11.3 Å². The highest BCUT2D eigenvalue weighted by atomic mass is 19.3. The van der Waals surface area contributed by atoms with E-state index in [1.165, 1.54) is 0 Å². The fourth-order valence-electron chi connectivity index (χ4n) is 1.57. The Morgan fingerprint density at radius 2 is 2.10 bits per heavy atom. The van der Waals surface area contributed by atoms with Crippen molar-refractivity contribution in [3.05, 3.63) is 0 Å². The summed E-state index contributed by atoms with van der Waals surface area (Å²) in [6.07, 6.45) is -1.28. The maximum atomic E-state index is 12.1. The van der Waals surface area contributed by atoms with E-state index in [1.807, 2.05) is 0 Å². The van der Waals surface area contributed by atoms with Crippen LogP contribution in [0.3, 0.4) is 0 Å². The Hall–Kier alpha value is -0.180. The Morgan fingerprint density at radius 1 is 1.60 bits per heavy atom. The third-order valence-corrected chi connectivity index (χ3v) is 2.29. The van der Waals surface area contributed by atoms with Gasteiger partial charge in [-0.15, -0.1) is 0 Å². The largest absolute Gasteiger partial charge is 0.396 e. The molecule has 1 aliphatic carbocycles. The molecule has 1 saturated carbocycles. The number of alkyl halides is 2. The summed E-state index contributed by atoms with van der Waals surface area (Å²) in [6, 6.07) is 0. The fourth-order valence-corrected chi connectivity index (χ4v) is 1.57. The topological polar surface area (TPSA) is 20.2 Å². The van der Waals surface area contributed by atoms with Crippen LogP contribution in [-0.2, 0) is 0 Å². The van der Waals surface area contributed by atoms with Crippen LogP contribution in [0, 0.1) is 11.3 Å². The summed E-state index contributed by atoms with van der Waals surface area (Å²) in [6.45, 7) is 1.63. The third-order valence-electron chi connectivity index (χ3n) is 2.29. The molecule has 0 heterocycles. The summed E-state index contributed by atoms with van der Waals surface area (Å²) in [5, 5.41) is 8.56. The van der Waals surface area contributed by atoms with Crippen molar-refractivity contribution >= 4 is 0 Å². The highest BCUT2D eigenvalue weighted by Crippen LogP contribution is 2.49.